The molecule has 3 aromatic heterocycles. The molecule has 1 aliphatic rings. The van der Waals surface area contributed by atoms with Crippen molar-refractivity contribution in [2.24, 2.45) is 0 Å². The molecule has 0 radical (unpaired) electrons. The summed E-state index contributed by atoms with van der Waals surface area (Å²) in [5, 5.41) is 18.0. The number of hydrogen-bond acceptors (Lipinski definition) is 8. The number of likely N-dealkylation sites (tertiary alicyclic amines) is 1. The lowest BCUT2D eigenvalue weighted by atomic mass is 10.1. The number of benzene rings is 1. The summed E-state index contributed by atoms with van der Waals surface area (Å²) >= 11 is 0. The van der Waals surface area contributed by atoms with E-state index in [-0.39, 0.29) is 23.6 Å². The number of rotatable bonds is 5. The van der Waals surface area contributed by atoms with Crippen LogP contribution in [0.25, 0.3) is 22.0 Å². The lowest BCUT2D eigenvalue weighted by molar-refractivity contribution is 0.0126. The van der Waals surface area contributed by atoms with Crippen LogP contribution in [0.1, 0.15) is 29.4 Å². The Morgan fingerprint density at radius 2 is 2.22 bits per heavy atom. The number of anilines is 2. The van der Waals surface area contributed by atoms with Gasteiger partial charge in [-0.2, -0.15) is 10.1 Å². The van der Waals surface area contributed by atoms with E-state index >= 15 is 0 Å². The van der Waals surface area contributed by atoms with Crippen LogP contribution in [0.2, 0.25) is 0 Å². The van der Waals surface area contributed by atoms with E-state index in [2.05, 4.69) is 27.0 Å². The maximum absolute atomic E-state index is 13.1. The van der Waals surface area contributed by atoms with Crippen molar-refractivity contribution in [1.29, 1.82) is 0 Å². The van der Waals surface area contributed by atoms with Crippen molar-refractivity contribution in [3.8, 4) is 0 Å². The van der Waals surface area contributed by atoms with Crippen molar-refractivity contribution < 1.29 is 14.3 Å². The summed E-state index contributed by atoms with van der Waals surface area (Å²) in [6.07, 6.45) is 4.10. The SMILES string of the molecule is C=CC(O)N1CCC[C@@H](n2nc(C(=O)Nc3nc4ccccc4o3)c3c(N)nccc32)C1. The monoisotopic (exact) mass is 433 g/mol. The molecule has 1 amide bonds. The topological polar surface area (TPSA) is 135 Å². The minimum absolute atomic E-state index is 0.0477. The predicted octanol–water partition coefficient (Wildman–Crippen LogP) is 2.55. The second-order valence-corrected chi connectivity index (χ2v) is 7.76. The van der Waals surface area contributed by atoms with Gasteiger partial charge in [-0.15, -0.1) is 0 Å². The molecular formula is C22H23N7O3. The van der Waals surface area contributed by atoms with Crippen molar-refractivity contribution >= 4 is 39.7 Å². The molecule has 5 rings (SSSR count). The molecule has 4 aromatic rings. The second-order valence-electron chi connectivity index (χ2n) is 7.76. The number of pyridine rings is 1. The maximum atomic E-state index is 13.1. The average Bonchev–Trinajstić information content (AvgIpc) is 3.40. The Morgan fingerprint density at radius 3 is 3.03 bits per heavy atom. The Balaban J connectivity index is 1.50. The van der Waals surface area contributed by atoms with Crippen LogP contribution in [0.4, 0.5) is 11.8 Å². The second kappa shape index (κ2) is 8.06. The molecular weight excluding hydrogens is 410 g/mol. The van der Waals surface area contributed by atoms with E-state index in [1.54, 1.807) is 29.1 Å². The molecule has 1 aromatic carbocycles. The summed E-state index contributed by atoms with van der Waals surface area (Å²) in [5.74, 6) is -0.269. The zero-order valence-electron chi connectivity index (χ0n) is 17.3. The van der Waals surface area contributed by atoms with Gasteiger partial charge < -0.3 is 15.3 Å². The van der Waals surface area contributed by atoms with Crippen LogP contribution >= 0.6 is 0 Å². The van der Waals surface area contributed by atoms with Crippen LogP contribution in [-0.4, -0.2) is 55.0 Å². The number of hydrogen-bond donors (Lipinski definition) is 3. The normalized spacial score (nSPS) is 18.1. The number of nitrogens with two attached hydrogens (primary N) is 1. The van der Waals surface area contributed by atoms with Crippen LogP contribution in [0.3, 0.4) is 0 Å². The Bertz CT molecular complexity index is 1280. The highest BCUT2D eigenvalue weighted by Crippen LogP contribution is 2.30. The third-order valence-electron chi connectivity index (χ3n) is 5.74. The summed E-state index contributed by atoms with van der Waals surface area (Å²) in [7, 11) is 0. The number of fused-ring (bicyclic) bond motifs is 2. The molecule has 0 bridgehead atoms. The third-order valence-corrected chi connectivity index (χ3v) is 5.74. The molecule has 10 heteroatoms. The molecule has 0 aliphatic carbocycles. The fourth-order valence-electron chi connectivity index (χ4n) is 4.20. The highest BCUT2D eigenvalue weighted by molar-refractivity contribution is 6.13. The summed E-state index contributed by atoms with van der Waals surface area (Å²) in [4.78, 5) is 23.5. The number of para-hydroxylation sites is 2. The Kier molecular flexibility index (Phi) is 5.08. The number of nitrogens with zero attached hydrogens (tertiary/aromatic N) is 5. The molecule has 0 saturated carbocycles. The lowest BCUT2D eigenvalue weighted by Crippen LogP contribution is -2.42. The first-order valence-corrected chi connectivity index (χ1v) is 10.4. The standard InChI is InChI=1S/C22H23N7O3/c1-2-17(30)28-11-5-6-13(12-28)29-15-9-10-24-20(23)18(15)19(27-29)21(31)26-22-25-14-7-3-4-8-16(14)32-22/h2-4,7-10,13,17,30H,1,5-6,11-12H2,(H2,23,24)(H,25,26,31)/t13-,17?/m1/s1. The molecule has 2 atom stereocenters. The molecule has 1 aliphatic heterocycles. The maximum Gasteiger partial charge on any atom is 0.302 e. The molecule has 10 nitrogen and oxygen atoms in total. The van der Waals surface area contributed by atoms with Crippen molar-refractivity contribution in [1.82, 2.24) is 24.6 Å². The van der Waals surface area contributed by atoms with Crippen LogP contribution in [0.15, 0.2) is 53.6 Å². The van der Waals surface area contributed by atoms with Gasteiger partial charge in [0.15, 0.2) is 11.3 Å². The summed E-state index contributed by atoms with van der Waals surface area (Å²) in [6, 6.07) is 9.07. The van der Waals surface area contributed by atoms with Crippen LogP contribution in [-0.2, 0) is 0 Å². The molecule has 4 heterocycles. The molecule has 1 fully saturated rings. The van der Waals surface area contributed by atoms with Gasteiger partial charge in [-0.3, -0.25) is 19.7 Å². The van der Waals surface area contributed by atoms with E-state index in [4.69, 9.17) is 10.2 Å². The zero-order chi connectivity index (χ0) is 22.2. The molecule has 32 heavy (non-hydrogen) atoms. The van der Waals surface area contributed by atoms with Gasteiger partial charge in [0.05, 0.1) is 16.9 Å². The number of nitrogen functional groups attached to an aromatic ring is 1. The van der Waals surface area contributed by atoms with E-state index in [9.17, 15) is 9.90 Å². The van der Waals surface area contributed by atoms with E-state index in [0.29, 0.717) is 28.5 Å². The number of aromatic nitrogens is 4. The molecule has 1 saturated heterocycles. The highest BCUT2D eigenvalue weighted by atomic mass is 16.4. The number of carbonyl (C=O) groups excluding carboxylic acids is 1. The summed E-state index contributed by atoms with van der Waals surface area (Å²) in [6.45, 7) is 5.00. The van der Waals surface area contributed by atoms with Gasteiger partial charge in [0.25, 0.3) is 5.91 Å². The van der Waals surface area contributed by atoms with Crippen molar-refractivity contribution in [2.45, 2.75) is 25.1 Å². The van der Waals surface area contributed by atoms with Crippen LogP contribution in [0.5, 0.6) is 0 Å². The minimum atomic E-state index is -0.728. The van der Waals surface area contributed by atoms with Gasteiger partial charge in [-0.05, 0) is 37.1 Å². The first-order chi connectivity index (χ1) is 15.5. The van der Waals surface area contributed by atoms with Crippen molar-refractivity contribution in [3.05, 3.63) is 54.9 Å². The van der Waals surface area contributed by atoms with E-state index in [0.717, 1.165) is 19.4 Å². The van der Waals surface area contributed by atoms with E-state index in [1.165, 1.54) is 6.08 Å². The van der Waals surface area contributed by atoms with Crippen LogP contribution < -0.4 is 11.1 Å². The number of aliphatic hydroxyl groups is 1. The highest BCUT2D eigenvalue weighted by Gasteiger charge is 2.29. The quantitative estimate of drug-likeness (QED) is 0.409. The number of amides is 1. The zero-order valence-corrected chi connectivity index (χ0v) is 17.3. The first-order valence-electron chi connectivity index (χ1n) is 10.4. The lowest BCUT2D eigenvalue weighted by Gasteiger charge is -2.35. The number of aliphatic hydroxyl groups excluding tert-OH is 1. The van der Waals surface area contributed by atoms with Crippen molar-refractivity contribution in [2.75, 3.05) is 24.1 Å². The Labute approximate surface area is 183 Å². The minimum Gasteiger partial charge on any atom is -0.423 e. The molecule has 1 unspecified atom stereocenters. The average molecular weight is 433 g/mol. The summed E-state index contributed by atoms with van der Waals surface area (Å²) in [5.41, 5.74) is 8.21. The first kappa shape index (κ1) is 20.2. The Hall–Kier alpha value is -3.76. The van der Waals surface area contributed by atoms with Crippen LogP contribution in [0, 0.1) is 0 Å². The van der Waals surface area contributed by atoms with Gasteiger partial charge in [0.1, 0.15) is 17.6 Å². The molecule has 4 N–H and O–H groups in total. The summed E-state index contributed by atoms with van der Waals surface area (Å²) < 4.78 is 7.41. The molecule has 0 spiro atoms. The van der Waals surface area contributed by atoms with Gasteiger partial charge in [0.2, 0.25) is 0 Å². The van der Waals surface area contributed by atoms with Gasteiger partial charge in [0, 0.05) is 19.3 Å². The van der Waals surface area contributed by atoms with Gasteiger partial charge in [-0.25, -0.2) is 4.98 Å². The number of nitrogens with one attached hydrogen (secondary N) is 1. The van der Waals surface area contributed by atoms with Gasteiger partial charge in [-0.1, -0.05) is 18.7 Å². The fourth-order valence-corrected chi connectivity index (χ4v) is 4.20. The third kappa shape index (κ3) is 3.49. The fraction of sp³-hybridized carbons (Fsp3) is 0.273. The largest absolute Gasteiger partial charge is 0.423 e. The van der Waals surface area contributed by atoms with Gasteiger partial charge >= 0.3 is 6.01 Å². The number of piperidine rings is 1. The van der Waals surface area contributed by atoms with E-state index < -0.39 is 12.1 Å². The smallest absolute Gasteiger partial charge is 0.302 e. The molecule has 164 valence electrons. The number of carbonyl (C=O) groups is 1. The predicted molar refractivity (Wildman–Crippen MR) is 120 cm³/mol. The van der Waals surface area contributed by atoms with Crippen molar-refractivity contribution in [3.63, 3.8) is 0 Å². The Morgan fingerprint density at radius 1 is 1.38 bits per heavy atom. The van der Waals surface area contributed by atoms with E-state index in [1.807, 2.05) is 17.0 Å². The number of oxazole rings is 1.